The first-order valence-electron chi connectivity index (χ1n) is 9.31. The highest BCUT2D eigenvalue weighted by molar-refractivity contribution is 6.09. The average molecular weight is 357 g/mol. The lowest BCUT2D eigenvalue weighted by atomic mass is 10.1. The highest BCUT2D eigenvalue weighted by atomic mass is 16.5. The molecule has 0 bridgehead atoms. The quantitative estimate of drug-likeness (QED) is 0.442. The topological polar surface area (TPSA) is 31.2 Å². The predicted octanol–water partition coefficient (Wildman–Crippen LogP) is 5.64. The maximum atomic E-state index is 13.2. The molecular weight excluding hydrogens is 334 g/mol. The van der Waals surface area contributed by atoms with Gasteiger partial charge in [-0.15, -0.1) is 0 Å². The molecule has 1 heterocycles. The number of fused-ring (bicyclic) bond motifs is 3. The van der Waals surface area contributed by atoms with E-state index in [0.717, 1.165) is 27.4 Å². The lowest BCUT2D eigenvalue weighted by Crippen LogP contribution is -2.25. The first-order valence-corrected chi connectivity index (χ1v) is 9.31. The average Bonchev–Trinajstić information content (AvgIpc) is 2.96. The van der Waals surface area contributed by atoms with E-state index in [1.807, 2.05) is 56.3 Å². The Morgan fingerprint density at radius 3 is 2.26 bits per heavy atom. The molecule has 0 radical (unpaired) electrons. The third-order valence-corrected chi connectivity index (χ3v) is 4.81. The number of carbonyl (C=O) groups is 1. The van der Waals surface area contributed by atoms with Crippen LogP contribution in [0.1, 0.15) is 31.0 Å². The van der Waals surface area contributed by atoms with Crippen molar-refractivity contribution in [3.05, 3.63) is 83.9 Å². The van der Waals surface area contributed by atoms with E-state index in [-0.39, 0.29) is 12.1 Å². The summed E-state index contributed by atoms with van der Waals surface area (Å²) in [5.41, 5.74) is 4.20. The molecule has 0 amide bonds. The summed E-state index contributed by atoms with van der Waals surface area (Å²) in [5.74, 6) is -0.237. The normalized spacial score (nSPS) is 12.6. The van der Waals surface area contributed by atoms with E-state index in [4.69, 9.17) is 4.74 Å². The standard InChI is InChI=1S/C24H23NO2/c1-16(2)27-24(26)23(18-9-5-4-6-10-18)25-21-12-8-7-11-19(21)20-15-17(3)13-14-22(20)25/h4-16,23H,1-3H3/t23-/m1/s1. The van der Waals surface area contributed by atoms with Crippen molar-refractivity contribution >= 4 is 27.8 Å². The summed E-state index contributed by atoms with van der Waals surface area (Å²) < 4.78 is 7.77. The Morgan fingerprint density at radius 2 is 1.52 bits per heavy atom. The van der Waals surface area contributed by atoms with Gasteiger partial charge in [-0.2, -0.15) is 0 Å². The van der Waals surface area contributed by atoms with Gasteiger partial charge in [0.15, 0.2) is 6.04 Å². The summed E-state index contributed by atoms with van der Waals surface area (Å²) in [6.45, 7) is 5.86. The number of aryl methyl sites for hydroxylation is 1. The molecule has 0 aliphatic carbocycles. The van der Waals surface area contributed by atoms with Gasteiger partial charge < -0.3 is 9.30 Å². The van der Waals surface area contributed by atoms with Crippen LogP contribution in [-0.4, -0.2) is 16.6 Å². The monoisotopic (exact) mass is 357 g/mol. The number of carbonyl (C=O) groups excluding carboxylic acids is 1. The Kier molecular flexibility index (Phi) is 4.44. The second kappa shape index (κ2) is 6.92. The van der Waals surface area contributed by atoms with Gasteiger partial charge in [0.2, 0.25) is 0 Å². The molecule has 0 aliphatic rings. The van der Waals surface area contributed by atoms with Crippen LogP contribution in [0.25, 0.3) is 21.8 Å². The van der Waals surface area contributed by atoms with E-state index in [9.17, 15) is 4.79 Å². The van der Waals surface area contributed by atoms with Crippen molar-refractivity contribution in [2.75, 3.05) is 0 Å². The van der Waals surface area contributed by atoms with Gasteiger partial charge >= 0.3 is 5.97 Å². The molecule has 0 saturated carbocycles. The Labute approximate surface area is 159 Å². The number of para-hydroxylation sites is 1. The summed E-state index contributed by atoms with van der Waals surface area (Å²) in [4.78, 5) is 13.2. The largest absolute Gasteiger partial charge is 0.461 e. The number of hydrogen-bond acceptors (Lipinski definition) is 2. The Bertz CT molecular complexity index is 1110. The van der Waals surface area contributed by atoms with Crippen LogP contribution >= 0.6 is 0 Å². The van der Waals surface area contributed by atoms with Gasteiger partial charge in [-0.25, -0.2) is 4.79 Å². The number of nitrogens with zero attached hydrogens (tertiary/aromatic N) is 1. The smallest absolute Gasteiger partial charge is 0.334 e. The van der Waals surface area contributed by atoms with Crippen LogP contribution < -0.4 is 0 Å². The van der Waals surface area contributed by atoms with Crippen LogP contribution in [0.15, 0.2) is 72.8 Å². The lowest BCUT2D eigenvalue weighted by Gasteiger charge is -2.22. The third-order valence-electron chi connectivity index (χ3n) is 4.81. The summed E-state index contributed by atoms with van der Waals surface area (Å²) in [6, 6.07) is 23.9. The molecule has 0 N–H and O–H groups in total. The van der Waals surface area contributed by atoms with Gasteiger partial charge in [-0.1, -0.05) is 60.2 Å². The first kappa shape index (κ1) is 17.3. The first-order chi connectivity index (χ1) is 13.1. The minimum absolute atomic E-state index is 0.168. The fourth-order valence-electron chi connectivity index (χ4n) is 3.72. The summed E-state index contributed by atoms with van der Waals surface area (Å²) in [5, 5.41) is 2.30. The molecule has 0 unspecified atom stereocenters. The van der Waals surface area contributed by atoms with Gasteiger partial charge in [-0.3, -0.25) is 0 Å². The van der Waals surface area contributed by atoms with Gasteiger partial charge in [0, 0.05) is 10.8 Å². The Balaban J connectivity index is 2.04. The van der Waals surface area contributed by atoms with E-state index < -0.39 is 6.04 Å². The number of hydrogen-bond donors (Lipinski definition) is 0. The summed E-state index contributed by atoms with van der Waals surface area (Å²) >= 11 is 0. The SMILES string of the molecule is Cc1ccc2c(c1)c1ccccc1n2[C@@H](C(=O)OC(C)C)c1ccccc1. The molecular formula is C24H23NO2. The highest BCUT2D eigenvalue weighted by Crippen LogP contribution is 2.35. The van der Waals surface area contributed by atoms with E-state index in [1.165, 1.54) is 5.56 Å². The van der Waals surface area contributed by atoms with Crippen molar-refractivity contribution in [3.63, 3.8) is 0 Å². The molecule has 0 spiro atoms. The molecule has 0 fully saturated rings. The third kappa shape index (κ3) is 3.10. The van der Waals surface area contributed by atoms with Crippen LogP contribution in [0.4, 0.5) is 0 Å². The number of rotatable bonds is 4. The molecule has 1 atom stereocenters. The number of ether oxygens (including phenoxy) is 1. The molecule has 1 aromatic heterocycles. The molecule has 3 nitrogen and oxygen atoms in total. The fourth-order valence-corrected chi connectivity index (χ4v) is 3.72. The minimum atomic E-state index is -0.529. The van der Waals surface area contributed by atoms with Crippen molar-refractivity contribution in [1.82, 2.24) is 4.57 Å². The van der Waals surface area contributed by atoms with Crippen molar-refractivity contribution in [1.29, 1.82) is 0 Å². The van der Waals surface area contributed by atoms with Gasteiger partial charge in [0.05, 0.1) is 17.1 Å². The predicted molar refractivity (Wildman–Crippen MR) is 110 cm³/mol. The van der Waals surface area contributed by atoms with E-state index in [2.05, 4.69) is 41.8 Å². The number of benzene rings is 3. The maximum Gasteiger partial charge on any atom is 0.334 e. The zero-order valence-corrected chi connectivity index (χ0v) is 15.8. The van der Waals surface area contributed by atoms with E-state index in [1.54, 1.807) is 0 Å². The van der Waals surface area contributed by atoms with Gasteiger partial charge in [0.1, 0.15) is 0 Å². The van der Waals surface area contributed by atoms with Crippen LogP contribution in [0, 0.1) is 6.92 Å². The number of aromatic nitrogens is 1. The lowest BCUT2D eigenvalue weighted by molar-refractivity contribution is -0.149. The molecule has 4 rings (SSSR count). The second-order valence-electron chi connectivity index (χ2n) is 7.21. The Morgan fingerprint density at radius 1 is 0.852 bits per heavy atom. The molecule has 3 aromatic carbocycles. The van der Waals surface area contributed by atoms with E-state index >= 15 is 0 Å². The second-order valence-corrected chi connectivity index (χ2v) is 7.21. The van der Waals surface area contributed by atoms with Crippen LogP contribution in [0.3, 0.4) is 0 Å². The fraction of sp³-hybridized carbons (Fsp3) is 0.208. The van der Waals surface area contributed by atoms with Crippen LogP contribution in [0.5, 0.6) is 0 Å². The zero-order chi connectivity index (χ0) is 19.0. The van der Waals surface area contributed by atoms with Crippen molar-refractivity contribution < 1.29 is 9.53 Å². The molecule has 27 heavy (non-hydrogen) atoms. The molecule has 3 heteroatoms. The molecule has 136 valence electrons. The summed E-state index contributed by atoms with van der Waals surface area (Å²) in [6.07, 6.45) is -0.168. The minimum Gasteiger partial charge on any atom is -0.461 e. The highest BCUT2D eigenvalue weighted by Gasteiger charge is 2.28. The Hall–Kier alpha value is -3.07. The molecule has 0 aliphatic heterocycles. The maximum absolute atomic E-state index is 13.2. The van der Waals surface area contributed by atoms with Gasteiger partial charge in [-0.05, 0) is 44.5 Å². The molecule has 4 aromatic rings. The summed E-state index contributed by atoms with van der Waals surface area (Å²) in [7, 11) is 0. The van der Waals surface area contributed by atoms with E-state index in [0.29, 0.717) is 0 Å². The zero-order valence-electron chi connectivity index (χ0n) is 15.8. The number of esters is 1. The van der Waals surface area contributed by atoms with Crippen LogP contribution in [-0.2, 0) is 9.53 Å². The van der Waals surface area contributed by atoms with Crippen LogP contribution in [0.2, 0.25) is 0 Å². The molecule has 0 saturated heterocycles. The van der Waals surface area contributed by atoms with Crippen molar-refractivity contribution in [2.24, 2.45) is 0 Å². The van der Waals surface area contributed by atoms with Crippen molar-refractivity contribution in [3.8, 4) is 0 Å². The van der Waals surface area contributed by atoms with Crippen molar-refractivity contribution in [2.45, 2.75) is 32.9 Å². The van der Waals surface area contributed by atoms with Gasteiger partial charge in [0.25, 0.3) is 0 Å².